The third kappa shape index (κ3) is 4.51. The molecular formula is C46H29NO2. The van der Waals surface area contributed by atoms with Gasteiger partial charge in [-0.05, 0) is 82.7 Å². The smallest absolute Gasteiger partial charge is 0.136 e. The lowest BCUT2D eigenvalue weighted by atomic mass is 9.98. The number of hydrogen-bond donors (Lipinski definition) is 0. The second kappa shape index (κ2) is 11.0. The van der Waals surface area contributed by atoms with Gasteiger partial charge in [-0.3, -0.25) is 0 Å². The van der Waals surface area contributed by atoms with Gasteiger partial charge in [0.2, 0.25) is 0 Å². The second-order valence-corrected chi connectivity index (χ2v) is 12.5. The van der Waals surface area contributed by atoms with E-state index in [2.05, 4.69) is 157 Å². The topological polar surface area (TPSA) is 29.5 Å². The lowest BCUT2D eigenvalue weighted by Gasteiger charge is -2.29. The van der Waals surface area contributed by atoms with Crippen molar-refractivity contribution in [2.45, 2.75) is 0 Å². The Morgan fingerprint density at radius 1 is 0.327 bits per heavy atom. The van der Waals surface area contributed by atoms with Crippen molar-refractivity contribution in [2.75, 3.05) is 4.90 Å². The number of hydrogen-bond acceptors (Lipinski definition) is 3. The molecule has 8 aromatic carbocycles. The number of fused-ring (bicyclic) bond motifs is 7. The molecule has 0 fully saturated rings. The molecule has 0 radical (unpaired) electrons. The van der Waals surface area contributed by atoms with Crippen molar-refractivity contribution in [1.82, 2.24) is 0 Å². The molecule has 49 heavy (non-hydrogen) atoms. The van der Waals surface area contributed by atoms with Crippen LogP contribution < -0.4 is 4.90 Å². The van der Waals surface area contributed by atoms with Gasteiger partial charge in [-0.1, -0.05) is 115 Å². The zero-order valence-electron chi connectivity index (χ0n) is 26.5. The molecule has 0 aliphatic carbocycles. The highest BCUT2D eigenvalue weighted by atomic mass is 16.3. The van der Waals surface area contributed by atoms with Crippen molar-refractivity contribution in [3.63, 3.8) is 0 Å². The van der Waals surface area contributed by atoms with Crippen molar-refractivity contribution < 1.29 is 8.83 Å². The van der Waals surface area contributed by atoms with Crippen molar-refractivity contribution in [3.8, 4) is 22.3 Å². The maximum Gasteiger partial charge on any atom is 0.136 e. The van der Waals surface area contributed by atoms with E-state index in [9.17, 15) is 0 Å². The molecule has 2 heterocycles. The van der Waals surface area contributed by atoms with Gasteiger partial charge < -0.3 is 13.7 Å². The van der Waals surface area contributed by atoms with E-state index in [0.29, 0.717) is 0 Å². The Kier molecular flexibility index (Phi) is 6.18. The maximum atomic E-state index is 6.32. The van der Waals surface area contributed by atoms with Gasteiger partial charge in [-0.2, -0.15) is 0 Å². The van der Waals surface area contributed by atoms with E-state index < -0.39 is 0 Å². The summed E-state index contributed by atoms with van der Waals surface area (Å²) in [5, 5.41) is 6.92. The molecule has 0 bridgehead atoms. The molecule has 0 spiro atoms. The Bertz CT molecular complexity index is 2830. The number of para-hydroxylation sites is 3. The van der Waals surface area contributed by atoms with Crippen LogP contribution in [0.15, 0.2) is 185 Å². The van der Waals surface area contributed by atoms with Gasteiger partial charge in [0, 0.05) is 38.2 Å². The predicted octanol–water partition coefficient (Wildman–Crippen LogP) is 13.4. The predicted molar refractivity (Wildman–Crippen MR) is 204 cm³/mol. The molecule has 3 nitrogen and oxygen atoms in total. The molecule has 230 valence electrons. The van der Waals surface area contributed by atoms with E-state index in [1.807, 2.05) is 24.3 Å². The summed E-state index contributed by atoms with van der Waals surface area (Å²) >= 11 is 0. The number of nitrogens with zero attached hydrogens (tertiary/aromatic N) is 1. The standard InChI is InChI=1S/C46H29NO2/c1-2-12-35-31(10-1)11-9-17-42(35)47(34-24-20-30(21-25-34)32-22-26-39-37-14-4-7-18-43(37)48-45(39)28-32)41-16-6-3-13-36(41)33-23-27-40-38-15-5-8-19-44(38)49-46(40)29-33/h1-29H. The molecule has 0 saturated heterocycles. The average molecular weight is 628 g/mol. The van der Waals surface area contributed by atoms with E-state index in [1.54, 1.807) is 0 Å². The Morgan fingerprint density at radius 3 is 1.57 bits per heavy atom. The number of rotatable bonds is 5. The maximum absolute atomic E-state index is 6.32. The minimum Gasteiger partial charge on any atom is -0.456 e. The summed E-state index contributed by atoms with van der Waals surface area (Å²) in [6.07, 6.45) is 0. The summed E-state index contributed by atoms with van der Waals surface area (Å²) in [4.78, 5) is 2.38. The van der Waals surface area contributed by atoms with E-state index in [1.165, 1.54) is 10.8 Å². The molecule has 2 aromatic heterocycles. The van der Waals surface area contributed by atoms with Crippen molar-refractivity contribution in [2.24, 2.45) is 0 Å². The first kappa shape index (κ1) is 27.5. The summed E-state index contributed by atoms with van der Waals surface area (Å²) < 4.78 is 12.5. The van der Waals surface area contributed by atoms with Crippen LogP contribution in [0.5, 0.6) is 0 Å². The molecule has 0 amide bonds. The van der Waals surface area contributed by atoms with Crippen LogP contribution in [0.4, 0.5) is 17.1 Å². The SMILES string of the molecule is c1ccc(N(c2ccc(-c3ccc4c(c3)oc3ccccc34)cc2)c2cccc3ccccc23)c(-c2ccc3c(c2)oc2ccccc23)c1. The van der Waals surface area contributed by atoms with Crippen LogP contribution in [0.3, 0.4) is 0 Å². The van der Waals surface area contributed by atoms with E-state index >= 15 is 0 Å². The average Bonchev–Trinajstić information content (AvgIpc) is 3.73. The van der Waals surface area contributed by atoms with E-state index in [4.69, 9.17) is 8.83 Å². The highest BCUT2D eigenvalue weighted by Gasteiger charge is 2.20. The van der Waals surface area contributed by atoms with Gasteiger partial charge in [0.15, 0.2) is 0 Å². The summed E-state index contributed by atoms with van der Waals surface area (Å²) in [7, 11) is 0. The van der Waals surface area contributed by atoms with E-state index in [0.717, 1.165) is 83.2 Å². The largest absolute Gasteiger partial charge is 0.456 e. The summed E-state index contributed by atoms with van der Waals surface area (Å²) in [6.45, 7) is 0. The van der Waals surface area contributed by atoms with Gasteiger partial charge in [-0.15, -0.1) is 0 Å². The summed E-state index contributed by atoms with van der Waals surface area (Å²) in [6, 6.07) is 62.1. The fourth-order valence-electron chi connectivity index (χ4n) is 7.33. The van der Waals surface area contributed by atoms with Gasteiger partial charge >= 0.3 is 0 Å². The lowest BCUT2D eigenvalue weighted by Crippen LogP contribution is -2.11. The van der Waals surface area contributed by atoms with Crippen LogP contribution in [0, 0.1) is 0 Å². The lowest BCUT2D eigenvalue weighted by molar-refractivity contribution is 0.668. The third-order valence-corrected chi connectivity index (χ3v) is 9.68. The highest BCUT2D eigenvalue weighted by Crippen LogP contribution is 2.44. The fraction of sp³-hybridized carbons (Fsp3) is 0. The minimum atomic E-state index is 0.885. The minimum absolute atomic E-state index is 0.885. The number of anilines is 3. The van der Waals surface area contributed by atoms with Crippen LogP contribution in [0.1, 0.15) is 0 Å². The molecule has 3 heteroatoms. The third-order valence-electron chi connectivity index (χ3n) is 9.68. The first-order valence-corrected chi connectivity index (χ1v) is 16.6. The molecule has 0 aliphatic heterocycles. The van der Waals surface area contributed by atoms with Crippen LogP contribution in [0.25, 0.3) is 76.9 Å². The van der Waals surface area contributed by atoms with Crippen molar-refractivity contribution in [3.05, 3.63) is 176 Å². The van der Waals surface area contributed by atoms with Gasteiger partial charge in [0.1, 0.15) is 22.3 Å². The number of benzene rings is 8. The molecule has 0 atom stereocenters. The van der Waals surface area contributed by atoms with Crippen LogP contribution >= 0.6 is 0 Å². The van der Waals surface area contributed by atoms with Crippen LogP contribution in [-0.4, -0.2) is 0 Å². The summed E-state index contributed by atoms with van der Waals surface area (Å²) in [5.74, 6) is 0. The van der Waals surface area contributed by atoms with Crippen LogP contribution in [0.2, 0.25) is 0 Å². The Hall–Kier alpha value is -6.58. The monoisotopic (exact) mass is 627 g/mol. The molecule has 10 aromatic rings. The van der Waals surface area contributed by atoms with Gasteiger partial charge in [0.25, 0.3) is 0 Å². The van der Waals surface area contributed by atoms with Gasteiger partial charge in [-0.25, -0.2) is 0 Å². The molecular weight excluding hydrogens is 599 g/mol. The van der Waals surface area contributed by atoms with Crippen molar-refractivity contribution >= 4 is 71.7 Å². The van der Waals surface area contributed by atoms with Crippen molar-refractivity contribution in [1.29, 1.82) is 0 Å². The zero-order valence-corrected chi connectivity index (χ0v) is 26.5. The summed E-state index contributed by atoms with van der Waals surface area (Å²) in [5.41, 5.74) is 11.3. The first-order valence-electron chi connectivity index (χ1n) is 16.6. The molecule has 0 unspecified atom stereocenters. The quantitative estimate of drug-likeness (QED) is 0.190. The first-order chi connectivity index (χ1) is 24.3. The van der Waals surface area contributed by atoms with Crippen LogP contribution in [-0.2, 0) is 0 Å². The highest BCUT2D eigenvalue weighted by molar-refractivity contribution is 6.08. The fourth-order valence-corrected chi connectivity index (χ4v) is 7.33. The molecule has 10 rings (SSSR count). The molecule has 0 N–H and O–H groups in total. The normalized spacial score (nSPS) is 11.7. The van der Waals surface area contributed by atoms with E-state index in [-0.39, 0.29) is 0 Å². The Balaban J connectivity index is 1.13. The Labute approximate surface area is 282 Å². The molecule has 0 saturated carbocycles. The second-order valence-electron chi connectivity index (χ2n) is 12.5. The Morgan fingerprint density at radius 2 is 0.837 bits per heavy atom. The zero-order chi connectivity index (χ0) is 32.3. The molecule has 0 aliphatic rings. The number of furan rings is 2. The van der Waals surface area contributed by atoms with Gasteiger partial charge in [0.05, 0.1) is 11.4 Å².